The molecule has 0 fully saturated rings. The Bertz CT molecular complexity index is 592. The zero-order valence-electron chi connectivity index (χ0n) is 9.11. The quantitative estimate of drug-likeness (QED) is 0.645. The number of carbonyl (C=O) groups is 2. The zero-order valence-corrected chi connectivity index (χ0v) is 10.3. The molecule has 0 radical (unpaired) electrons. The van der Waals surface area contributed by atoms with Crippen LogP contribution in [0.5, 0.6) is 0 Å². The molecule has 7 heteroatoms. The van der Waals surface area contributed by atoms with Gasteiger partial charge >= 0.3 is 0 Å². The number of halogens is 1. The number of aldehydes is 1. The largest absolute Gasteiger partial charge is 0.319 e. The molecule has 2 N–H and O–H groups in total. The summed E-state index contributed by atoms with van der Waals surface area (Å²) in [5.41, 5.74) is 0.258. The van der Waals surface area contributed by atoms with E-state index in [4.69, 9.17) is 0 Å². The van der Waals surface area contributed by atoms with Gasteiger partial charge in [0.1, 0.15) is 11.5 Å². The first-order valence-corrected chi connectivity index (χ1v) is 5.55. The number of rotatable bonds is 3. The SMILES string of the molecule is O=Cc1[nH]ncc1NC(=O)c1c(F)cccc1P. The lowest BCUT2D eigenvalue weighted by Crippen LogP contribution is -2.20. The van der Waals surface area contributed by atoms with Crippen molar-refractivity contribution in [1.82, 2.24) is 10.2 Å². The van der Waals surface area contributed by atoms with Crippen molar-refractivity contribution in [2.24, 2.45) is 0 Å². The molecule has 1 aromatic carbocycles. The highest BCUT2D eigenvalue weighted by molar-refractivity contribution is 7.27. The number of H-pyrrole nitrogens is 1. The fourth-order valence-electron chi connectivity index (χ4n) is 1.45. The predicted octanol–water partition coefficient (Wildman–Crippen LogP) is 1.11. The summed E-state index contributed by atoms with van der Waals surface area (Å²) >= 11 is 0. The molecule has 18 heavy (non-hydrogen) atoms. The topological polar surface area (TPSA) is 74.8 Å². The van der Waals surface area contributed by atoms with Crippen LogP contribution in [0.25, 0.3) is 0 Å². The molecule has 0 saturated heterocycles. The second kappa shape index (κ2) is 5.06. The van der Waals surface area contributed by atoms with E-state index in [1.54, 1.807) is 6.07 Å². The lowest BCUT2D eigenvalue weighted by atomic mass is 10.2. The number of aromatic nitrogens is 2. The van der Waals surface area contributed by atoms with Crippen LogP contribution in [0.3, 0.4) is 0 Å². The van der Waals surface area contributed by atoms with Crippen LogP contribution in [-0.4, -0.2) is 22.4 Å². The molecule has 1 unspecified atom stereocenters. The standard InChI is InChI=1S/C11H9FN3O2P/c12-6-2-1-3-9(18)10(6)11(17)14-7-4-13-15-8(7)5-16/h1-5H,18H2,(H,13,15)(H,14,17). The molecule has 2 aromatic rings. The van der Waals surface area contributed by atoms with Gasteiger partial charge in [0, 0.05) is 0 Å². The Balaban J connectivity index is 2.31. The number of benzene rings is 1. The van der Waals surface area contributed by atoms with Crippen LogP contribution in [0.4, 0.5) is 10.1 Å². The third-order valence-electron chi connectivity index (χ3n) is 2.31. The highest BCUT2D eigenvalue weighted by Gasteiger charge is 2.16. The summed E-state index contributed by atoms with van der Waals surface area (Å²) in [4.78, 5) is 22.5. The van der Waals surface area contributed by atoms with E-state index in [0.29, 0.717) is 11.6 Å². The molecule has 0 bridgehead atoms. The Labute approximate surface area is 104 Å². The molecule has 0 aliphatic heterocycles. The molecule has 0 saturated carbocycles. The van der Waals surface area contributed by atoms with E-state index in [0.717, 1.165) is 0 Å². The fourth-order valence-corrected chi connectivity index (χ4v) is 1.83. The monoisotopic (exact) mass is 265 g/mol. The van der Waals surface area contributed by atoms with E-state index in [1.807, 2.05) is 0 Å². The van der Waals surface area contributed by atoms with Crippen molar-refractivity contribution in [3.05, 3.63) is 41.5 Å². The smallest absolute Gasteiger partial charge is 0.259 e. The lowest BCUT2D eigenvalue weighted by Gasteiger charge is -2.07. The van der Waals surface area contributed by atoms with Crippen LogP contribution in [0.2, 0.25) is 0 Å². The van der Waals surface area contributed by atoms with Gasteiger partial charge in [-0.3, -0.25) is 14.7 Å². The number of aromatic amines is 1. The number of nitrogens with one attached hydrogen (secondary N) is 2. The van der Waals surface area contributed by atoms with Gasteiger partial charge in [0.05, 0.1) is 17.4 Å². The Morgan fingerprint density at radius 1 is 1.50 bits per heavy atom. The minimum absolute atomic E-state index is 0.0828. The number of amides is 1. The Morgan fingerprint density at radius 2 is 2.28 bits per heavy atom. The summed E-state index contributed by atoms with van der Waals surface area (Å²) in [5.74, 6) is -1.27. The lowest BCUT2D eigenvalue weighted by molar-refractivity contribution is 0.102. The summed E-state index contributed by atoms with van der Waals surface area (Å²) in [6.45, 7) is 0. The normalized spacial score (nSPS) is 10.1. The molecule has 92 valence electrons. The van der Waals surface area contributed by atoms with Crippen LogP contribution >= 0.6 is 9.24 Å². The van der Waals surface area contributed by atoms with E-state index in [2.05, 4.69) is 24.8 Å². The van der Waals surface area contributed by atoms with Gasteiger partial charge < -0.3 is 5.32 Å². The zero-order chi connectivity index (χ0) is 13.1. The van der Waals surface area contributed by atoms with Gasteiger partial charge in [0.15, 0.2) is 6.29 Å². The van der Waals surface area contributed by atoms with E-state index in [1.165, 1.54) is 18.3 Å². The number of carbonyl (C=O) groups excluding carboxylic acids is 2. The maximum absolute atomic E-state index is 13.5. The average molecular weight is 265 g/mol. The van der Waals surface area contributed by atoms with Gasteiger partial charge in [-0.25, -0.2) is 4.39 Å². The second-order valence-electron chi connectivity index (χ2n) is 3.47. The maximum Gasteiger partial charge on any atom is 0.259 e. The number of hydrogen-bond acceptors (Lipinski definition) is 3. The summed E-state index contributed by atoms with van der Waals surface area (Å²) in [6.07, 6.45) is 1.80. The van der Waals surface area contributed by atoms with E-state index < -0.39 is 11.7 Å². The molecular formula is C11H9FN3O2P. The van der Waals surface area contributed by atoms with Gasteiger partial charge in [0.2, 0.25) is 0 Å². The Kier molecular flexibility index (Phi) is 3.48. The fraction of sp³-hybridized carbons (Fsp3) is 0. The number of anilines is 1. The third kappa shape index (κ3) is 2.28. The third-order valence-corrected chi connectivity index (χ3v) is 2.79. The molecule has 0 spiro atoms. The van der Waals surface area contributed by atoms with Crippen molar-refractivity contribution in [2.75, 3.05) is 5.32 Å². The number of hydrogen-bond donors (Lipinski definition) is 2. The van der Waals surface area contributed by atoms with Crippen LogP contribution in [0, 0.1) is 5.82 Å². The van der Waals surface area contributed by atoms with Crippen LogP contribution in [0.1, 0.15) is 20.8 Å². The van der Waals surface area contributed by atoms with Crippen LogP contribution in [-0.2, 0) is 0 Å². The molecular weight excluding hydrogens is 256 g/mol. The van der Waals surface area contributed by atoms with Crippen LogP contribution in [0.15, 0.2) is 24.4 Å². The Hall–Kier alpha value is -2.07. The summed E-state index contributed by atoms with van der Waals surface area (Å²) in [5, 5.41) is 8.88. The minimum atomic E-state index is -0.636. The Morgan fingerprint density at radius 3 is 2.94 bits per heavy atom. The predicted molar refractivity (Wildman–Crippen MR) is 67.7 cm³/mol. The first kappa shape index (κ1) is 12.4. The van der Waals surface area contributed by atoms with E-state index >= 15 is 0 Å². The summed E-state index contributed by atoms with van der Waals surface area (Å²) in [7, 11) is 2.28. The average Bonchev–Trinajstić information content (AvgIpc) is 2.76. The molecule has 2 rings (SSSR count). The molecule has 0 aliphatic rings. The minimum Gasteiger partial charge on any atom is -0.319 e. The van der Waals surface area contributed by atoms with E-state index in [-0.39, 0.29) is 16.9 Å². The molecule has 1 aromatic heterocycles. The molecule has 1 heterocycles. The van der Waals surface area contributed by atoms with Gasteiger partial charge in [-0.1, -0.05) is 12.1 Å². The van der Waals surface area contributed by atoms with Crippen molar-refractivity contribution < 1.29 is 14.0 Å². The first-order valence-electron chi connectivity index (χ1n) is 4.97. The highest BCUT2D eigenvalue weighted by atomic mass is 31.0. The first-order chi connectivity index (χ1) is 8.63. The van der Waals surface area contributed by atoms with Crippen LogP contribution < -0.4 is 10.6 Å². The van der Waals surface area contributed by atoms with E-state index in [9.17, 15) is 14.0 Å². The second-order valence-corrected chi connectivity index (χ2v) is 4.10. The molecule has 1 atom stereocenters. The maximum atomic E-state index is 13.5. The van der Waals surface area contributed by atoms with Crippen molar-refractivity contribution in [2.45, 2.75) is 0 Å². The van der Waals surface area contributed by atoms with Crippen molar-refractivity contribution in [3.8, 4) is 0 Å². The van der Waals surface area contributed by atoms with Crippen molar-refractivity contribution in [1.29, 1.82) is 0 Å². The van der Waals surface area contributed by atoms with Gasteiger partial charge in [-0.15, -0.1) is 9.24 Å². The summed E-state index contributed by atoms with van der Waals surface area (Å²) < 4.78 is 13.5. The van der Waals surface area contributed by atoms with Gasteiger partial charge in [0.25, 0.3) is 5.91 Å². The number of nitrogens with zero attached hydrogens (tertiary/aromatic N) is 1. The van der Waals surface area contributed by atoms with Crippen molar-refractivity contribution in [3.63, 3.8) is 0 Å². The van der Waals surface area contributed by atoms with Gasteiger partial charge in [-0.2, -0.15) is 5.10 Å². The molecule has 1 amide bonds. The highest BCUT2D eigenvalue weighted by Crippen LogP contribution is 2.13. The van der Waals surface area contributed by atoms with Crippen molar-refractivity contribution >= 4 is 32.4 Å². The summed E-state index contributed by atoms with van der Waals surface area (Å²) in [6, 6.07) is 4.29. The molecule has 5 nitrogen and oxygen atoms in total. The van der Waals surface area contributed by atoms with Gasteiger partial charge in [-0.05, 0) is 11.4 Å². The molecule has 0 aliphatic carbocycles.